The van der Waals surface area contributed by atoms with Crippen molar-refractivity contribution in [3.8, 4) is 11.5 Å². The topological polar surface area (TPSA) is 89.0 Å². The minimum absolute atomic E-state index is 0.135. The van der Waals surface area contributed by atoms with Crippen LogP contribution in [0.1, 0.15) is 46.6 Å². The summed E-state index contributed by atoms with van der Waals surface area (Å²) in [5.41, 5.74) is 3.12. The average Bonchev–Trinajstić information content (AvgIpc) is 2.79. The summed E-state index contributed by atoms with van der Waals surface area (Å²) in [7, 11) is 0. The van der Waals surface area contributed by atoms with Crippen molar-refractivity contribution in [2.24, 2.45) is 16.9 Å². The van der Waals surface area contributed by atoms with E-state index < -0.39 is 24.0 Å². The number of rotatable bonds is 12. The molecule has 7 nitrogen and oxygen atoms in total. The standard InChI is InChI=1S/C26H32Cl3N3O4/c1-15(2)10-22(31-25(33)17(5)36-24-9-7-20(28)12-21(24)29)26(34)32-30-13-18-11-19(27)6-8-23(18)35-14-16(3)4/h6-9,11-13,15-17,22H,10,14H2,1-5H3,(H,31,33)(H,32,34)/b30-13-/t17-,22-/m1/s1. The summed E-state index contributed by atoms with van der Waals surface area (Å²) >= 11 is 18.1. The van der Waals surface area contributed by atoms with Gasteiger partial charge in [-0.25, -0.2) is 5.43 Å². The van der Waals surface area contributed by atoms with Crippen LogP contribution in [0.2, 0.25) is 15.1 Å². The Kier molecular flexibility index (Phi) is 11.8. The van der Waals surface area contributed by atoms with Crippen LogP contribution in [0, 0.1) is 11.8 Å². The molecule has 2 aromatic rings. The van der Waals surface area contributed by atoms with E-state index in [1.807, 2.05) is 27.7 Å². The van der Waals surface area contributed by atoms with Crippen molar-refractivity contribution in [2.45, 2.75) is 53.2 Å². The highest BCUT2D eigenvalue weighted by Gasteiger charge is 2.25. The van der Waals surface area contributed by atoms with E-state index in [2.05, 4.69) is 15.8 Å². The Hall–Kier alpha value is -2.48. The van der Waals surface area contributed by atoms with Crippen LogP contribution < -0.4 is 20.2 Å². The minimum Gasteiger partial charge on any atom is -0.493 e. The van der Waals surface area contributed by atoms with Gasteiger partial charge in [-0.1, -0.05) is 62.5 Å². The van der Waals surface area contributed by atoms with Crippen molar-refractivity contribution in [3.63, 3.8) is 0 Å². The largest absolute Gasteiger partial charge is 0.493 e. The van der Waals surface area contributed by atoms with Crippen molar-refractivity contribution in [2.75, 3.05) is 6.61 Å². The van der Waals surface area contributed by atoms with E-state index in [1.165, 1.54) is 12.3 Å². The Labute approximate surface area is 227 Å². The van der Waals surface area contributed by atoms with Gasteiger partial charge in [0.25, 0.3) is 11.8 Å². The zero-order valence-corrected chi connectivity index (χ0v) is 23.2. The quantitative estimate of drug-likeness (QED) is 0.243. The molecule has 0 saturated heterocycles. The van der Waals surface area contributed by atoms with Gasteiger partial charge in [-0.2, -0.15) is 5.10 Å². The predicted octanol–water partition coefficient (Wildman–Crippen LogP) is 6.13. The predicted molar refractivity (Wildman–Crippen MR) is 145 cm³/mol. The Balaban J connectivity index is 2.06. The number of ether oxygens (including phenoxy) is 2. The molecule has 0 aliphatic rings. The second kappa shape index (κ2) is 14.3. The monoisotopic (exact) mass is 555 g/mol. The summed E-state index contributed by atoms with van der Waals surface area (Å²) in [6.07, 6.45) is 0.963. The van der Waals surface area contributed by atoms with Crippen LogP contribution in [0.3, 0.4) is 0 Å². The van der Waals surface area contributed by atoms with Crippen LogP contribution >= 0.6 is 34.8 Å². The Morgan fingerprint density at radius 1 is 0.917 bits per heavy atom. The molecule has 0 aromatic heterocycles. The molecule has 0 aliphatic carbocycles. The van der Waals surface area contributed by atoms with E-state index in [0.29, 0.717) is 46.1 Å². The maximum atomic E-state index is 12.9. The first-order valence-electron chi connectivity index (χ1n) is 11.6. The van der Waals surface area contributed by atoms with Gasteiger partial charge < -0.3 is 14.8 Å². The first-order valence-corrected chi connectivity index (χ1v) is 12.8. The first kappa shape index (κ1) is 29.7. The van der Waals surface area contributed by atoms with Crippen molar-refractivity contribution >= 4 is 52.8 Å². The van der Waals surface area contributed by atoms with E-state index in [0.717, 1.165) is 0 Å². The van der Waals surface area contributed by atoms with E-state index in [4.69, 9.17) is 44.3 Å². The van der Waals surface area contributed by atoms with Crippen LogP contribution in [-0.4, -0.2) is 36.8 Å². The second-order valence-electron chi connectivity index (χ2n) is 9.15. The molecule has 0 fully saturated rings. The molecule has 10 heteroatoms. The molecule has 196 valence electrons. The van der Waals surface area contributed by atoms with E-state index in [9.17, 15) is 9.59 Å². The van der Waals surface area contributed by atoms with E-state index >= 15 is 0 Å². The number of halogens is 3. The summed E-state index contributed by atoms with van der Waals surface area (Å²) in [6.45, 7) is 10.1. The molecule has 0 bridgehead atoms. The van der Waals surface area contributed by atoms with Crippen molar-refractivity contribution in [1.29, 1.82) is 0 Å². The molecule has 0 radical (unpaired) electrons. The lowest BCUT2D eigenvalue weighted by atomic mass is 10.0. The van der Waals surface area contributed by atoms with Crippen LogP contribution in [0.25, 0.3) is 0 Å². The van der Waals surface area contributed by atoms with Gasteiger partial charge in [0.1, 0.15) is 17.5 Å². The van der Waals surface area contributed by atoms with Gasteiger partial charge in [0, 0.05) is 15.6 Å². The molecule has 2 aromatic carbocycles. The maximum absolute atomic E-state index is 12.9. The number of nitrogens with zero attached hydrogens (tertiary/aromatic N) is 1. The Bertz CT molecular complexity index is 1080. The number of hydrogen-bond acceptors (Lipinski definition) is 5. The lowest BCUT2D eigenvalue weighted by Gasteiger charge is -2.22. The number of amides is 2. The fourth-order valence-corrected chi connectivity index (χ4v) is 3.69. The van der Waals surface area contributed by atoms with Crippen LogP contribution in [0.15, 0.2) is 41.5 Å². The normalized spacial score (nSPS) is 13.1. The summed E-state index contributed by atoms with van der Waals surface area (Å²) in [5.74, 6) is 0.463. The Morgan fingerprint density at radius 2 is 1.56 bits per heavy atom. The molecule has 0 spiro atoms. The highest BCUT2D eigenvalue weighted by molar-refractivity contribution is 6.35. The van der Waals surface area contributed by atoms with Gasteiger partial charge in [0.2, 0.25) is 0 Å². The van der Waals surface area contributed by atoms with E-state index in [-0.39, 0.29) is 10.9 Å². The number of hydrogen-bond donors (Lipinski definition) is 2. The second-order valence-corrected chi connectivity index (χ2v) is 10.4. The zero-order chi connectivity index (χ0) is 26.8. The van der Waals surface area contributed by atoms with Crippen molar-refractivity contribution in [1.82, 2.24) is 10.7 Å². The lowest BCUT2D eigenvalue weighted by molar-refractivity contribution is -0.132. The van der Waals surface area contributed by atoms with Crippen LogP contribution in [0.4, 0.5) is 0 Å². The van der Waals surface area contributed by atoms with Gasteiger partial charge in [-0.3, -0.25) is 9.59 Å². The summed E-state index contributed by atoms with van der Waals surface area (Å²) in [4.78, 5) is 25.6. The molecular formula is C26H32Cl3N3O4. The molecule has 2 amide bonds. The van der Waals surface area contributed by atoms with E-state index in [1.54, 1.807) is 37.3 Å². The fraction of sp³-hybridized carbons (Fsp3) is 0.423. The minimum atomic E-state index is -0.901. The van der Waals surface area contributed by atoms with Gasteiger partial charge in [-0.15, -0.1) is 0 Å². The van der Waals surface area contributed by atoms with Crippen molar-refractivity contribution < 1.29 is 19.1 Å². The van der Waals surface area contributed by atoms with Gasteiger partial charge in [-0.05, 0) is 61.6 Å². The van der Waals surface area contributed by atoms with Crippen molar-refractivity contribution in [3.05, 3.63) is 57.0 Å². The number of carbonyl (C=O) groups is 2. The maximum Gasteiger partial charge on any atom is 0.262 e. The van der Waals surface area contributed by atoms with Gasteiger partial charge in [0.05, 0.1) is 17.8 Å². The summed E-state index contributed by atoms with van der Waals surface area (Å²) in [6, 6.07) is 9.07. The molecule has 2 atom stereocenters. The smallest absolute Gasteiger partial charge is 0.262 e. The molecule has 36 heavy (non-hydrogen) atoms. The fourth-order valence-electron chi connectivity index (χ4n) is 3.06. The molecule has 0 heterocycles. The lowest BCUT2D eigenvalue weighted by Crippen LogP contribution is -2.49. The third kappa shape index (κ3) is 9.88. The third-order valence-corrected chi connectivity index (χ3v) is 5.59. The molecule has 2 rings (SSSR count). The number of carbonyl (C=O) groups excluding carboxylic acids is 2. The Morgan fingerprint density at radius 3 is 2.17 bits per heavy atom. The highest BCUT2D eigenvalue weighted by atomic mass is 35.5. The summed E-state index contributed by atoms with van der Waals surface area (Å²) < 4.78 is 11.5. The van der Waals surface area contributed by atoms with Crippen LogP contribution in [0.5, 0.6) is 11.5 Å². The first-order chi connectivity index (χ1) is 17.0. The molecule has 2 N–H and O–H groups in total. The molecular weight excluding hydrogens is 525 g/mol. The molecule has 0 aliphatic heterocycles. The highest BCUT2D eigenvalue weighted by Crippen LogP contribution is 2.28. The number of benzene rings is 2. The average molecular weight is 557 g/mol. The molecule has 0 unspecified atom stereocenters. The summed E-state index contributed by atoms with van der Waals surface area (Å²) in [5, 5.41) is 8.05. The SMILES string of the molecule is CC(C)COc1ccc(Cl)cc1/C=N\NC(=O)[C@@H](CC(C)C)NC(=O)[C@@H](C)Oc1ccc(Cl)cc1Cl. The van der Waals surface area contributed by atoms with Gasteiger partial charge >= 0.3 is 0 Å². The number of nitrogens with one attached hydrogen (secondary N) is 2. The number of hydrazone groups is 1. The van der Waals surface area contributed by atoms with Gasteiger partial charge in [0.15, 0.2) is 6.10 Å². The zero-order valence-electron chi connectivity index (χ0n) is 21.0. The van der Waals surface area contributed by atoms with Crippen LogP contribution in [-0.2, 0) is 9.59 Å². The third-order valence-electron chi connectivity index (χ3n) is 4.83. The molecule has 0 saturated carbocycles.